The summed E-state index contributed by atoms with van der Waals surface area (Å²) >= 11 is 9.26. The van der Waals surface area contributed by atoms with E-state index in [1.807, 2.05) is 32.0 Å². The number of para-hydroxylation sites is 1. The normalized spacial score (nSPS) is 13.8. The van der Waals surface area contributed by atoms with Gasteiger partial charge in [0.15, 0.2) is 11.0 Å². The van der Waals surface area contributed by atoms with Crippen LogP contribution in [-0.4, -0.2) is 24.7 Å². The Balaban J connectivity index is 1.35. The van der Waals surface area contributed by atoms with Gasteiger partial charge in [-0.2, -0.15) is 0 Å². The maximum Gasteiger partial charge on any atom is 0.259 e. The average Bonchev–Trinajstić information content (AvgIpc) is 3.44. The van der Waals surface area contributed by atoms with Gasteiger partial charge in [0.25, 0.3) is 5.56 Å². The number of halogens is 1. The zero-order valence-electron chi connectivity index (χ0n) is 17.0. The quantitative estimate of drug-likeness (QED) is 0.378. The van der Waals surface area contributed by atoms with Crippen LogP contribution >= 0.6 is 34.7 Å². The molecule has 3 aromatic heterocycles. The lowest BCUT2D eigenvalue weighted by atomic mass is 10.2. The number of H-pyrrole nitrogens is 1. The largest absolute Gasteiger partial charge is 0.484 e. The number of fused-ring (bicyclic) bond motifs is 1. The maximum atomic E-state index is 12.5. The molecule has 1 N–H and O–H groups in total. The van der Waals surface area contributed by atoms with E-state index in [0.717, 1.165) is 39.1 Å². The molecule has 3 heterocycles. The van der Waals surface area contributed by atoms with Crippen molar-refractivity contribution in [1.29, 1.82) is 0 Å². The minimum Gasteiger partial charge on any atom is -0.484 e. The average molecular weight is 474 g/mol. The topological polar surface area (TPSA) is 85.7 Å². The first-order valence-corrected chi connectivity index (χ1v) is 12.1. The van der Waals surface area contributed by atoms with Gasteiger partial charge in [0.2, 0.25) is 0 Å². The predicted octanol–water partition coefficient (Wildman–Crippen LogP) is 5.05. The Bertz CT molecular complexity index is 1330. The Morgan fingerprint density at radius 2 is 2.10 bits per heavy atom. The van der Waals surface area contributed by atoms with E-state index >= 15 is 0 Å². The number of aryl methyl sites for hydroxylation is 2. The number of benzene rings is 1. The Kier molecular flexibility index (Phi) is 5.49. The third-order valence-corrected chi connectivity index (χ3v) is 7.63. The Morgan fingerprint density at radius 1 is 1.29 bits per heavy atom. The molecule has 1 fully saturated rings. The highest BCUT2D eigenvalue weighted by Crippen LogP contribution is 2.39. The van der Waals surface area contributed by atoms with E-state index in [4.69, 9.17) is 16.3 Å². The summed E-state index contributed by atoms with van der Waals surface area (Å²) in [4.78, 5) is 22.0. The van der Waals surface area contributed by atoms with Gasteiger partial charge in [-0.1, -0.05) is 35.5 Å². The highest BCUT2D eigenvalue weighted by atomic mass is 35.5. The molecule has 0 amide bonds. The minimum absolute atomic E-state index is 0.0834. The number of aromatic nitrogens is 5. The molecule has 10 heteroatoms. The SMILES string of the molecule is Cc1sc2nc(CSc3nnc(COc4ccccc4Cl)n3C3CC3)[nH]c(=O)c2c1C. The summed E-state index contributed by atoms with van der Waals surface area (Å²) in [7, 11) is 0. The number of nitrogens with one attached hydrogen (secondary N) is 1. The first kappa shape index (κ1) is 20.5. The van der Waals surface area contributed by atoms with Gasteiger partial charge >= 0.3 is 0 Å². The molecule has 0 atom stereocenters. The molecule has 0 saturated heterocycles. The molecular formula is C21H20ClN5O2S2. The zero-order valence-corrected chi connectivity index (χ0v) is 19.4. The van der Waals surface area contributed by atoms with Gasteiger partial charge in [0, 0.05) is 10.9 Å². The number of rotatable bonds is 7. The van der Waals surface area contributed by atoms with Crippen LogP contribution in [0.15, 0.2) is 34.2 Å². The van der Waals surface area contributed by atoms with Crippen molar-refractivity contribution >= 4 is 44.9 Å². The van der Waals surface area contributed by atoms with E-state index in [0.29, 0.717) is 40.4 Å². The molecular weight excluding hydrogens is 454 g/mol. The van der Waals surface area contributed by atoms with Crippen LogP contribution in [-0.2, 0) is 12.4 Å². The zero-order chi connectivity index (χ0) is 21.5. The van der Waals surface area contributed by atoms with Crippen molar-refractivity contribution < 1.29 is 4.74 Å². The fraction of sp³-hybridized carbons (Fsp3) is 0.333. The second-order valence-corrected chi connectivity index (χ2v) is 10.0. The summed E-state index contributed by atoms with van der Waals surface area (Å²) in [5, 5.41) is 10.8. The van der Waals surface area contributed by atoms with E-state index < -0.39 is 0 Å². The number of aromatic amines is 1. The molecule has 1 saturated carbocycles. The van der Waals surface area contributed by atoms with Crippen LogP contribution in [0.1, 0.15) is 41.0 Å². The molecule has 0 bridgehead atoms. The fourth-order valence-corrected chi connectivity index (χ4v) is 5.54. The van der Waals surface area contributed by atoms with Crippen molar-refractivity contribution in [2.45, 2.75) is 50.2 Å². The lowest BCUT2D eigenvalue weighted by Crippen LogP contribution is -2.11. The van der Waals surface area contributed by atoms with E-state index in [9.17, 15) is 4.79 Å². The molecule has 0 unspecified atom stereocenters. The molecule has 0 radical (unpaired) electrons. The fourth-order valence-electron chi connectivity index (χ4n) is 3.41. The third-order valence-electron chi connectivity index (χ3n) is 5.27. The van der Waals surface area contributed by atoms with Crippen LogP contribution in [0.4, 0.5) is 0 Å². The van der Waals surface area contributed by atoms with Crippen LogP contribution < -0.4 is 10.3 Å². The molecule has 7 nitrogen and oxygen atoms in total. The van der Waals surface area contributed by atoms with E-state index in [2.05, 4.69) is 24.7 Å². The van der Waals surface area contributed by atoms with Crippen molar-refractivity contribution in [3.63, 3.8) is 0 Å². The Labute approximate surface area is 191 Å². The number of hydrogen-bond acceptors (Lipinski definition) is 7. The van der Waals surface area contributed by atoms with Gasteiger partial charge in [-0.25, -0.2) is 4.98 Å². The van der Waals surface area contributed by atoms with Crippen LogP contribution in [0.2, 0.25) is 5.02 Å². The molecule has 1 aromatic carbocycles. The summed E-state index contributed by atoms with van der Waals surface area (Å²) in [6.45, 7) is 4.27. The van der Waals surface area contributed by atoms with Gasteiger partial charge in [0.05, 0.1) is 16.2 Å². The van der Waals surface area contributed by atoms with Gasteiger partial charge in [0.1, 0.15) is 23.0 Å². The monoisotopic (exact) mass is 473 g/mol. The number of thiophene rings is 1. The van der Waals surface area contributed by atoms with E-state index in [-0.39, 0.29) is 5.56 Å². The summed E-state index contributed by atoms with van der Waals surface area (Å²) in [5.41, 5.74) is 0.921. The lowest BCUT2D eigenvalue weighted by molar-refractivity contribution is 0.288. The summed E-state index contributed by atoms with van der Waals surface area (Å²) in [6.07, 6.45) is 2.19. The molecule has 1 aliphatic carbocycles. The van der Waals surface area contributed by atoms with Crippen molar-refractivity contribution in [3.05, 3.63) is 61.7 Å². The second kappa shape index (κ2) is 8.29. The van der Waals surface area contributed by atoms with Crippen LogP contribution in [0, 0.1) is 13.8 Å². The molecule has 31 heavy (non-hydrogen) atoms. The minimum atomic E-state index is -0.0834. The summed E-state index contributed by atoms with van der Waals surface area (Å²) in [5.74, 6) is 2.55. The standard InChI is InChI=1S/C21H20ClN5O2S2/c1-11-12(2)31-20-18(11)19(28)23-16(24-20)10-30-21-26-25-17(27(21)13-7-8-13)9-29-15-6-4-3-5-14(15)22/h3-6,13H,7-10H2,1-2H3,(H,23,24,28). The van der Waals surface area contributed by atoms with Crippen molar-refractivity contribution in [2.24, 2.45) is 0 Å². The number of thioether (sulfide) groups is 1. The van der Waals surface area contributed by atoms with Crippen molar-refractivity contribution in [1.82, 2.24) is 24.7 Å². The van der Waals surface area contributed by atoms with Crippen molar-refractivity contribution in [3.8, 4) is 5.75 Å². The summed E-state index contributed by atoms with van der Waals surface area (Å²) < 4.78 is 8.01. The smallest absolute Gasteiger partial charge is 0.259 e. The van der Waals surface area contributed by atoms with Crippen LogP contribution in [0.5, 0.6) is 5.75 Å². The van der Waals surface area contributed by atoms with E-state index in [1.54, 1.807) is 17.4 Å². The van der Waals surface area contributed by atoms with Gasteiger partial charge in [-0.05, 0) is 44.4 Å². The second-order valence-electron chi connectivity index (χ2n) is 7.48. The Hall–Kier alpha value is -2.36. The highest BCUT2D eigenvalue weighted by Gasteiger charge is 2.30. The van der Waals surface area contributed by atoms with Crippen LogP contribution in [0.3, 0.4) is 0 Å². The first-order chi connectivity index (χ1) is 15.0. The lowest BCUT2D eigenvalue weighted by Gasteiger charge is -2.10. The molecule has 5 rings (SSSR count). The van der Waals surface area contributed by atoms with Gasteiger partial charge < -0.3 is 9.72 Å². The summed E-state index contributed by atoms with van der Waals surface area (Å²) in [6, 6.07) is 7.77. The first-order valence-electron chi connectivity index (χ1n) is 9.94. The third kappa shape index (κ3) is 4.09. The molecule has 1 aliphatic rings. The van der Waals surface area contributed by atoms with E-state index in [1.165, 1.54) is 11.8 Å². The Morgan fingerprint density at radius 3 is 2.87 bits per heavy atom. The van der Waals surface area contributed by atoms with Gasteiger partial charge in [-0.15, -0.1) is 21.5 Å². The molecule has 4 aromatic rings. The molecule has 0 aliphatic heterocycles. The maximum absolute atomic E-state index is 12.5. The molecule has 160 valence electrons. The van der Waals surface area contributed by atoms with Gasteiger partial charge in [-0.3, -0.25) is 9.36 Å². The number of nitrogens with zero attached hydrogens (tertiary/aromatic N) is 4. The number of ether oxygens (including phenoxy) is 1. The molecule has 0 spiro atoms. The highest BCUT2D eigenvalue weighted by molar-refractivity contribution is 7.98. The van der Waals surface area contributed by atoms with Crippen molar-refractivity contribution in [2.75, 3.05) is 0 Å². The number of hydrogen-bond donors (Lipinski definition) is 1. The van der Waals surface area contributed by atoms with Crippen LogP contribution in [0.25, 0.3) is 10.2 Å². The predicted molar refractivity (Wildman–Crippen MR) is 123 cm³/mol.